The van der Waals surface area contributed by atoms with Crippen LogP contribution in [0.5, 0.6) is 0 Å². The van der Waals surface area contributed by atoms with Crippen molar-refractivity contribution in [3.8, 4) is 0 Å². The van der Waals surface area contributed by atoms with E-state index in [9.17, 15) is 14.4 Å². The van der Waals surface area contributed by atoms with E-state index in [-0.39, 0.29) is 30.5 Å². The number of pyridine rings is 1. The number of amides is 2. The molecule has 100 valence electrons. The molecule has 1 N–H and O–H groups in total. The van der Waals surface area contributed by atoms with Gasteiger partial charge < -0.3 is 5.11 Å². The second kappa shape index (κ2) is 5.17. The summed E-state index contributed by atoms with van der Waals surface area (Å²) in [6, 6.07) is 3.19. The van der Waals surface area contributed by atoms with Crippen molar-refractivity contribution in [2.45, 2.75) is 19.8 Å². The van der Waals surface area contributed by atoms with Gasteiger partial charge in [-0.2, -0.15) is 0 Å². The number of carboxylic acid groups (broad SMARTS) is 1. The van der Waals surface area contributed by atoms with Gasteiger partial charge in [-0.1, -0.05) is 6.92 Å². The van der Waals surface area contributed by atoms with Gasteiger partial charge in [0, 0.05) is 19.2 Å². The van der Waals surface area contributed by atoms with Gasteiger partial charge in [-0.25, -0.2) is 0 Å². The summed E-state index contributed by atoms with van der Waals surface area (Å²) in [4.78, 5) is 39.6. The average molecular weight is 262 g/mol. The third-order valence-corrected chi connectivity index (χ3v) is 3.08. The molecule has 0 saturated heterocycles. The van der Waals surface area contributed by atoms with Crippen LogP contribution in [0.25, 0.3) is 0 Å². The molecule has 0 bridgehead atoms. The molecule has 1 aliphatic rings. The Bertz CT molecular complexity index is 506. The molecule has 0 radical (unpaired) electrons. The first-order valence-corrected chi connectivity index (χ1v) is 6.03. The van der Waals surface area contributed by atoms with Crippen LogP contribution in [0.3, 0.4) is 0 Å². The number of fused-ring (bicyclic) bond motifs is 1. The van der Waals surface area contributed by atoms with E-state index in [4.69, 9.17) is 5.11 Å². The van der Waals surface area contributed by atoms with E-state index >= 15 is 0 Å². The molecule has 0 spiro atoms. The highest BCUT2D eigenvalue weighted by Gasteiger charge is 2.36. The van der Waals surface area contributed by atoms with Crippen molar-refractivity contribution in [2.75, 3.05) is 6.54 Å². The molecule has 0 aromatic carbocycles. The smallest absolute Gasteiger partial charge is 0.303 e. The Morgan fingerprint density at radius 2 is 2.16 bits per heavy atom. The fourth-order valence-electron chi connectivity index (χ4n) is 2.05. The van der Waals surface area contributed by atoms with E-state index < -0.39 is 11.9 Å². The van der Waals surface area contributed by atoms with E-state index in [2.05, 4.69) is 4.98 Å². The van der Waals surface area contributed by atoms with Crippen molar-refractivity contribution in [1.29, 1.82) is 0 Å². The van der Waals surface area contributed by atoms with Crippen LogP contribution in [0, 0.1) is 5.92 Å². The zero-order valence-corrected chi connectivity index (χ0v) is 10.5. The number of carboxylic acids is 1. The SMILES string of the molecule is CC(CCC(=O)O)CN1C(=O)c2cccnc2C1=O. The minimum atomic E-state index is -0.879. The zero-order chi connectivity index (χ0) is 14.0. The van der Waals surface area contributed by atoms with Crippen molar-refractivity contribution in [1.82, 2.24) is 9.88 Å². The summed E-state index contributed by atoms with van der Waals surface area (Å²) in [5, 5.41) is 8.61. The second-order valence-corrected chi connectivity index (χ2v) is 4.66. The molecule has 1 aromatic heterocycles. The number of rotatable bonds is 5. The predicted octanol–water partition coefficient (Wildman–Crippen LogP) is 1.18. The normalized spacial score (nSPS) is 15.5. The van der Waals surface area contributed by atoms with Crippen molar-refractivity contribution in [2.24, 2.45) is 5.92 Å². The molecule has 1 aliphatic heterocycles. The number of hydrogen-bond acceptors (Lipinski definition) is 4. The molecule has 0 saturated carbocycles. The van der Waals surface area contributed by atoms with Gasteiger partial charge >= 0.3 is 5.97 Å². The maximum Gasteiger partial charge on any atom is 0.303 e. The number of hydrogen-bond donors (Lipinski definition) is 1. The van der Waals surface area contributed by atoms with Crippen molar-refractivity contribution >= 4 is 17.8 Å². The van der Waals surface area contributed by atoms with Gasteiger partial charge in [0.2, 0.25) is 0 Å². The summed E-state index contributed by atoms with van der Waals surface area (Å²) in [6.45, 7) is 2.04. The maximum absolute atomic E-state index is 12.0. The average Bonchev–Trinajstić information content (AvgIpc) is 2.62. The summed E-state index contributed by atoms with van der Waals surface area (Å²) < 4.78 is 0. The number of nitrogens with zero attached hydrogens (tertiary/aromatic N) is 2. The first-order valence-electron chi connectivity index (χ1n) is 6.03. The Labute approximate surface area is 110 Å². The molecule has 2 amide bonds. The first-order chi connectivity index (χ1) is 9.00. The summed E-state index contributed by atoms with van der Waals surface area (Å²) in [5.74, 6) is -1.69. The van der Waals surface area contributed by atoms with Gasteiger partial charge in [-0.05, 0) is 24.5 Å². The van der Waals surface area contributed by atoms with Crippen LogP contribution >= 0.6 is 0 Å². The lowest BCUT2D eigenvalue weighted by Gasteiger charge is -2.18. The fraction of sp³-hybridized carbons (Fsp3) is 0.385. The Kier molecular flexibility index (Phi) is 3.59. The van der Waals surface area contributed by atoms with Gasteiger partial charge in [0.15, 0.2) is 0 Å². The highest BCUT2D eigenvalue weighted by molar-refractivity contribution is 6.20. The molecular formula is C13H14N2O4. The number of carbonyl (C=O) groups is 3. The third kappa shape index (κ3) is 2.62. The van der Waals surface area contributed by atoms with Crippen LogP contribution in [0.15, 0.2) is 18.3 Å². The minimum Gasteiger partial charge on any atom is -0.481 e. The number of carbonyl (C=O) groups excluding carboxylic acids is 2. The summed E-state index contributed by atoms with van der Waals surface area (Å²) in [7, 11) is 0. The van der Waals surface area contributed by atoms with Gasteiger partial charge in [0.1, 0.15) is 5.69 Å². The van der Waals surface area contributed by atoms with Crippen LogP contribution in [0.2, 0.25) is 0 Å². The highest BCUT2D eigenvalue weighted by Crippen LogP contribution is 2.22. The van der Waals surface area contributed by atoms with Crippen LogP contribution in [0.4, 0.5) is 0 Å². The van der Waals surface area contributed by atoms with Gasteiger partial charge in [0.05, 0.1) is 5.56 Å². The second-order valence-electron chi connectivity index (χ2n) is 4.66. The molecule has 2 heterocycles. The lowest BCUT2D eigenvalue weighted by Crippen LogP contribution is -2.34. The Hall–Kier alpha value is -2.24. The Morgan fingerprint density at radius 1 is 1.42 bits per heavy atom. The van der Waals surface area contributed by atoms with Crippen LogP contribution in [-0.4, -0.2) is 39.3 Å². The molecular weight excluding hydrogens is 248 g/mol. The molecule has 0 fully saturated rings. The molecule has 6 heteroatoms. The van der Waals surface area contributed by atoms with Crippen LogP contribution < -0.4 is 0 Å². The van der Waals surface area contributed by atoms with Gasteiger partial charge in [-0.15, -0.1) is 0 Å². The number of aliphatic carboxylic acids is 1. The molecule has 0 aliphatic carbocycles. The topological polar surface area (TPSA) is 87.6 Å². The minimum absolute atomic E-state index is 0.0303. The quantitative estimate of drug-likeness (QED) is 0.805. The van der Waals surface area contributed by atoms with Gasteiger partial charge in [-0.3, -0.25) is 24.3 Å². The summed E-state index contributed by atoms with van der Waals surface area (Å²) in [6.07, 6.45) is 1.93. The molecule has 1 atom stereocenters. The van der Waals surface area contributed by atoms with E-state index in [0.29, 0.717) is 12.0 Å². The maximum atomic E-state index is 12.0. The molecule has 2 rings (SSSR count). The van der Waals surface area contributed by atoms with Gasteiger partial charge in [0.25, 0.3) is 11.8 Å². The molecule has 19 heavy (non-hydrogen) atoms. The monoisotopic (exact) mass is 262 g/mol. The molecule has 1 aromatic rings. The Balaban J connectivity index is 2.06. The van der Waals surface area contributed by atoms with Crippen molar-refractivity contribution in [3.05, 3.63) is 29.6 Å². The van der Waals surface area contributed by atoms with Crippen molar-refractivity contribution < 1.29 is 19.5 Å². The van der Waals surface area contributed by atoms with Crippen LogP contribution in [0.1, 0.15) is 40.6 Å². The molecule has 6 nitrogen and oxygen atoms in total. The predicted molar refractivity (Wildman–Crippen MR) is 65.6 cm³/mol. The lowest BCUT2D eigenvalue weighted by atomic mass is 10.1. The van der Waals surface area contributed by atoms with Crippen LogP contribution in [-0.2, 0) is 4.79 Å². The summed E-state index contributed by atoms with van der Waals surface area (Å²) in [5.41, 5.74) is 0.496. The number of aromatic nitrogens is 1. The van der Waals surface area contributed by atoms with E-state index in [1.165, 1.54) is 6.20 Å². The largest absolute Gasteiger partial charge is 0.481 e. The van der Waals surface area contributed by atoms with E-state index in [0.717, 1.165) is 4.90 Å². The lowest BCUT2D eigenvalue weighted by molar-refractivity contribution is -0.137. The highest BCUT2D eigenvalue weighted by atomic mass is 16.4. The third-order valence-electron chi connectivity index (χ3n) is 3.08. The first kappa shape index (κ1) is 13.2. The Morgan fingerprint density at radius 3 is 2.79 bits per heavy atom. The van der Waals surface area contributed by atoms with Crippen molar-refractivity contribution in [3.63, 3.8) is 0 Å². The van der Waals surface area contributed by atoms with E-state index in [1.807, 2.05) is 6.92 Å². The molecule has 1 unspecified atom stereocenters. The standard InChI is InChI=1S/C13H14N2O4/c1-8(4-5-10(16)17)7-15-12(18)9-3-2-6-14-11(9)13(15)19/h2-3,6,8H,4-5,7H2,1H3,(H,16,17). The zero-order valence-electron chi connectivity index (χ0n) is 10.5. The van der Waals surface area contributed by atoms with E-state index in [1.54, 1.807) is 12.1 Å². The summed E-state index contributed by atoms with van der Waals surface area (Å²) >= 11 is 0. The fourth-order valence-corrected chi connectivity index (χ4v) is 2.05. The number of imide groups is 1.